The minimum Gasteiger partial charge on any atom is -0.343 e. The minimum atomic E-state index is -2.39. The Balaban J connectivity index is 0. The number of carbonyl (C=O) groups is 1. The third-order valence-corrected chi connectivity index (χ3v) is 1.74. The van der Waals surface area contributed by atoms with Gasteiger partial charge < -0.3 is 4.29 Å². The molecule has 1 N–H and O–H groups in total. The molecule has 11 heavy (non-hydrogen) atoms. The summed E-state index contributed by atoms with van der Waals surface area (Å²) in [6.07, 6.45) is 0. The number of hydrogen-bond acceptors (Lipinski definition) is 4. The standard InChI is InChI=1S/C2HCl4NO3.Al/c3-2(4,7(5)9)1(8)10-6;/h9H;. The van der Waals surface area contributed by atoms with Crippen LogP contribution in [-0.2, 0) is 9.08 Å². The van der Waals surface area contributed by atoms with E-state index in [0.29, 0.717) is 0 Å². The molecule has 3 radical (unpaired) electrons. The van der Waals surface area contributed by atoms with Gasteiger partial charge in [-0.1, -0.05) is 27.8 Å². The van der Waals surface area contributed by atoms with Crippen LogP contribution < -0.4 is 0 Å². The van der Waals surface area contributed by atoms with Crippen LogP contribution in [0.25, 0.3) is 0 Å². The summed E-state index contributed by atoms with van der Waals surface area (Å²) in [6.45, 7) is 0. The van der Waals surface area contributed by atoms with Crippen LogP contribution in [0.4, 0.5) is 0 Å². The third-order valence-electron chi connectivity index (χ3n) is 0.547. The van der Waals surface area contributed by atoms with Gasteiger partial charge in [0.25, 0.3) is 0 Å². The molecule has 0 aliphatic heterocycles. The Kier molecular flexibility index (Phi) is 7.54. The molecule has 0 fully saturated rings. The lowest BCUT2D eigenvalue weighted by Gasteiger charge is -2.17. The first kappa shape index (κ1) is 14.6. The van der Waals surface area contributed by atoms with Gasteiger partial charge in [0.2, 0.25) is 0 Å². The van der Waals surface area contributed by atoms with Crippen molar-refractivity contribution in [2.75, 3.05) is 0 Å². The molecule has 4 nitrogen and oxygen atoms in total. The molecule has 0 aromatic carbocycles. The van der Waals surface area contributed by atoms with Crippen molar-refractivity contribution in [1.29, 1.82) is 0 Å². The zero-order valence-corrected chi connectivity index (χ0v) is 8.98. The Morgan fingerprint density at radius 2 is 1.91 bits per heavy atom. The molecule has 0 heterocycles. The van der Waals surface area contributed by atoms with Crippen LogP contribution in [0.1, 0.15) is 0 Å². The van der Waals surface area contributed by atoms with Crippen molar-refractivity contribution in [3.05, 3.63) is 0 Å². The Morgan fingerprint density at radius 3 is 2.00 bits per heavy atom. The lowest BCUT2D eigenvalue weighted by molar-refractivity contribution is -0.145. The first-order chi connectivity index (χ1) is 4.42. The number of carbonyl (C=O) groups excluding carboxylic acids is 1. The molecular formula is C2HAlCl4NO3. The lowest BCUT2D eigenvalue weighted by Crippen LogP contribution is -2.38. The lowest BCUT2D eigenvalue weighted by atomic mass is 10.7. The van der Waals surface area contributed by atoms with E-state index in [0.717, 1.165) is 0 Å². The van der Waals surface area contributed by atoms with E-state index in [1.807, 2.05) is 0 Å². The highest BCUT2D eigenvalue weighted by Gasteiger charge is 2.42. The summed E-state index contributed by atoms with van der Waals surface area (Å²) in [6, 6.07) is 0. The van der Waals surface area contributed by atoms with Crippen LogP contribution in [0, 0.1) is 0 Å². The molecule has 0 rings (SSSR count). The van der Waals surface area contributed by atoms with Gasteiger partial charge in [0, 0.05) is 29.1 Å². The Hall–Kier alpha value is 1.08. The second-order valence-electron chi connectivity index (χ2n) is 1.17. The predicted octanol–water partition coefficient (Wildman–Crippen LogP) is 1.28. The molecule has 0 atom stereocenters. The van der Waals surface area contributed by atoms with Crippen LogP contribution in [0.15, 0.2) is 0 Å². The van der Waals surface area contributed by atoms with Gasteiger partial charge in [-0.05, 0) is 0 Å². The average Bonchev–Trinajstić information content (AvgIpc) is 1.86. The van der Waals surface area contributed by atoms with E-state index in [9.17, 15) is 4.79 Å². The fourth-order valence-corrected chi connectivity index (χ4v) is 0.459. The fraction of sp³-hybridized carbons (Fsp3) is 0.500. The van der Waals surface area contributed by atoms with E-state index in [4.69, 9.17) is 40.2 Å². The molecule has 0 aromatic heterocycles. The second-order valence-corrected chi connectivity index (χ2v) is 2.93. The van der Waals surface area contributed by atoms with Crippen molar-refractivity contribution in [2.24, 2.45) is 0 Å². The second kappa shape index (κ2) is 5.68. The summed E-state index contributed by atoms with van der Waals surface area (Å²) in [5.74, 6) is -1.30. The molecule has 0 spiro atoms. The first-order valence-corrected chi connectivity index (χ1v) is 3.19. The maximum Gasteiger partial charge on any atom is 0.379 e. The monoisotopic (exact) mass is 254 g/mol. The zero-order chi connectivity index (χ0) is 8.36. The zero-order valence-electron chi connectivity index (χ0n) is 4.80. The van der Waals surface area contributed by atoms with Gasteiger partial charge in [-0.15, -0.1) is 0 Å². The fourth-order valence-electron chi connectivity index (χ4n) is 0.122. The van der Waals surface area contributed by atoms with Gasteiger partial charge in [-0.2, -0.15) is 0 Å². The quantitative estimate of drug-likeness (QED) is 0.266. The highest BCUT2D eigenvalue weighted by atomic mass is 35.5. The molecule has 63 valence electrons. The molecule has 0 bridgehead atoms. The molecule has 0 aliphatic rings. The number of nitrogens with zero attached hydrogens (tertiary/aromatic N) is 1. The molecule has 0 aromatic rings. The van der Waals surface area contributed by atoms with Crippen molar-refractivity contribution in [2.45, 2.75) is 4.46 Å². The third kappa shape index (κ3) is 4.02. The molecular weight excluding hydrogens is 255 g/mol. The highest BCUT2D eigenvalue weighted by Crippen LogP contribution is 2.27. The van der Waals surface area contributed by atoms with E-state index in [1.165, 1.54) is 0 Å². The van der Waals surface area contributed by atoms with Crippen LogP contribution >= 0.6 is 46.8 Å². The Morgan fingerprint density at radius 1 is 1.55 bits per heavy atom. The number of rotatable bonds is 2. The molecule has 0 amide bonds. The highest BCUT2D eigenvalue weighted by molar-refractivity contribution is 6.59. The largest absolute Gasteiger partial charge is 0.379 e. The van der Waals surface area contributed by atoms with E-state index in [1.54, 1.807) is 0 Å². The van der Waals surface area contributed by atoms with Crippen molar-refractivity contribution in [3.63, 3.8) is 0 Å². The molecule has 0 unspecified atom stereocenters. The van der Waals surface area contributed by atoms with Gasteiger partial charge in [-0.25, -0.2) is 4.79 Å². The maximum absolute atomic E-state index is 10.4. The number of hydrogen-bond donors (Lipinski definition) is 1. The smallest absolute Gasteiger partial charge is 0.343 e. The van der Waals surface area contributed by atoms with Crippen molar-refractivity contribution in [1.82, 2.24) is 4.58 Å². The van der Waals surface area contributed by atoms with Gasteiger partial charge in [0.15, 0.2) is 0 Å². The molecule has 0 aliphatic carbocycles. The molecule has 0 saturated heterocycles. The van der Waals surface area contributed by atoms with E-state index < -0.39 is 10.4 Å². The Labute approximate surface area is 93.3 Å². The summed E-state index contributed by atoms with van der Waals surface area (Å²) >= 11 is 19.5. The van der Waals surface area contributed by atoms with Crippen molar-refractivity contribution < 1.29 is 14.3 Å². The van der Waals surface area contributed by atoms with Gasteiger partial charge in [-0.3, -0.25) is 5.21 Å². The van der Waals surface area contributed by atoms with Gasteiger partial charge >= 0.3 is 10.4 Å². The normalized spacial score (nSPS) is 10.7. The minimum absolute atomic E-state index is 0. The summed E-state index contributed by atoms with van der Waals surface area (Å²) in [4.78, 5) is 10.4. The van der Waals surface area contributed by atoms with Gasteiger partial charge in [0.05, 0.1) is 0 Å². The van der Waals surface area contributed by atoms with E-state index in [-0.39, 0.29) is 21.9 Å². The van der Waals surface area contributed by atoms with Crippen LogP contribution in [0.3, 0.4) is 0 Å². The topological polar surface area (TPSA) is 49.8 Å². The molecule has 0 saturated carbocycles. The predicted molar refractivity (Wildman–Crippen MR) is 41.6 cm³/mol. The Bertz CT molecular complexity index is 141. The summed E-state index contributed by atoms with van der Waals surface area (Å²) < 4.78 is 0.911. The average molecular weight is 256 g/mol. The van der Waals surface area contributed by atoms with Crippen LogP contribution in [-0.4, -0.2) is 37.6 Å². The maximum atomic E-state index is 10.4. The number of hydroxylamine groups is 1. The first-order valence-electron chi connectivity index (χ1n) is 1.78. The van der Waals surface area contributed by atoms with E-state index >= 15 is 0 Å². The SMILES string of the molecule is O=C(OCl)C(Cl)(Cl)N(O)Cl.[Al]. The number of halogens is 4. The van der Waals surface area contributed by atoms with Crippen LogP contribution in [0.5, 0.6) is 0 Å². The van der Waals surface area contributed by atoms with E-state index in [2.05, 4.69) is 16.2 Å². The number of alkyl halides is 2. The van der Waals surface area contributed by atoms with Gasteiger partial charge in [0.1, 0.15) is 11.9 Å². The van der Waals surface area contributed by atoms with Crippen molar-refractivity contribution >= 4 is 70.2 Å². The summed E-state index contributed by atoms with van der Waals surface area (Å²) in [5, 5.41) is 8.36. The molecule has 9 heteroatoms. The van der Waals surface area contributed by atoms with Crippen LogP contribution in [0.2, 0.25) is 0 Å². The van der Waals surface area contributed by atoms with Crippen molar-refractivity contribution in [3.8, 4) is 0 Å². The summed E-state index contributed by atoms with van der Waals surface area (Å²) in [5.41, 5.74) is 0. The summed E-state index contributed by atoms with van der Waals surface area (Å²) in [7, 11) is 0.